The Kier molecular flexibility index (Phi) is 4.74. The Labute approximate surface area is 124 Å². The lowest BCUT2D eigenvalue weighted by Crippen LogP contribution is -2.11. The van der Waals surface area contributed by atoms with Gasteiger partial charge in [0.15, 0.2) is 0 Å². The van der Waals surface area contributed by atoms with E-state index in [1.165, 1.54) is 29.5 Å². The van der Waals surface area contributed by atoms with Gasteiger partial charge in [0.2, 0.25) is 0 Å². The molecule has 0 bridgehead atoms. The third-order valence-electron chi connectivity index (χ3n) is 2.36. The number of hydrogen-bond donors (Lipinski definition) is 2. The molecular formula is C14H9ClFNO2S. The van der Waals surface area contributed by atoms with E-state index in [9.17, 15) is 9.18 Å². The highest BCUT2D eigenvalue weighted by Gasteiger charge is 2.13. The summed E-state index contributed by atoms with van der Waals surface area (Å²) in [4.78, 5) is 12.4. The molecule has 0 aliphatic rings. The quantitative estimate of drug-likeness (QED) is 0.837. The molecule has 0 fully saturated rings. The Morgan fingerprint density at radius 1 is 1.45 bits per heavy atom. The van der Waals surface area contributed by atoms with Crippen LogP contribution in [0.3, 0.4) is 0 Å². The van der Waals surface area contributed by atoms with E-state index in [2.05, 4.69) is 17.2 Å². The van der Waals surface area contributed by atoms with Gasteiger partial charge in [-0.05, 0) is 29.6 Å². The maximum absolute atomic E-state index is 13.2. The van der Waals surface area contributed by atoms with Gasteiger partial charge in [0.05, 0.1) is 16.3 Å². The monoisotopic (exact) mass is 309 g/mol. The molecule has 102 valence electrons. The molecule has 0 aliphatic carbocycles. The Morgan fingerprint density at radius 2 is 2.25 bits per heavy atom. The fraction of sp³-hybridized carbons (Fsp3) is 0.0714. The number of carbonyl (C=O) groups is 1. The second kappa shape index (κ2) is 6.53. The summed E-state index contributed by atoms with van der Waals surface area (Å²) >= 11 is 7.09. The number of amides is 1. The van der Waals surface area contributed by atoms with Gasteiger partial charge in [-0.15, -0.1) is 11.3 Å². The van der Waals surface area contributed by atoms with Crippen LogP contribution in [-0.4, -0.2) is 17.6 Å². The average Bonchev–Trinajstić information content (AvgIpc) is 2.85. The number of aliphatic hydroxyl groups excluding tert-OH is 1. The van der Waals surface area contributed by atoms with Gasteiger partial charge in [-0.3, -0.25) is 4.79 Å². The topological polar surface area (TPSA) is 49.3 Å². The van der Waals surface area contributed by atoms with Crippen molar-refractivity contribution in [2.24, 2.45) is 0 Å². The summed E-state index contributed by atoms with van der Waals surface area (Å²) in [6.07, 6.45) is 0. The summed E-state index contributed by atoms with van der Waals surface area (Å²) in [6.45, 7) is -0.347. The van der Waals surface area contributed by atoms with Crippen molar-refractivity contribution in [3.05, 3.63) is 50.9 Å². The molecule has 0 aliphatic heterocycles. The molecule has 0 radical (unpaired) electrons. The predicted octanol–water partition coefficient (Wildman–Crippen LogP) is 3.14. The van der Waals surface area contributed by atoms with E-state index < -0.39 is 5.82 Å². The number of nitrogens with one attached hydrogen (secondary N) is 1. The predicted molar refractivity (Wildman–Crippen MR) is 77.6 cm³/mol. The van der Waals surface area contributed by atoms with Crippen LogP contribution in [0.5, 0.6) is 0 Å². The Hall–Kier alpha value is -1.87. The number of hydrogen-bond acceptors (Lipinski definition) is 3. The van der Waals surface area contributed by atoms with Crippen molar-refractivity contribution in [3.8, 4) is 11.8 Å². The SMILES string of the molecule is O=C(Nc1ccc(F)cc1C#CCO)c1sccc1Cl. The molecule has 1 heterocycles. The number of thiophene rings is 1. The third-order valence-corrected chi connectivity index (χ3v) is 3.70. The minimum absolute atomic E-state index is 0.292. The second-order valence-corrected chi connectivity index (χ2v) is 5.02. The molecule has 20 heavy (non-hydrogen) atoms. The fourth-order valence-electron chi connectivity index (χ4n) is 1.50. The van der Waals surface area contributed by atoms with Crippen molar-refractivity contribution in [1.29, 1.82) is 0 Å². The molecule has 1 amide bonds. The van der Waals surface area contributed by atoms with Gasteiger partial charge in [-0.25, -0.2) is 4.39 Å². The highest BCUT2D eigenvalue weighted by molar-refractivity contribution is 7.12. The van der Waals surface area contributed by atoms with E-state index in [0.717, 1.165) is 0 Å². The molecule has 2 N–H and O–H groups in total. The molecule has 2 aromatic rings. The molecule has 1 aromatic heterocycles. The summed E-state index contributed by atoms with van der Waals surface area (Å²) in [5, 5.41) is 13.4. The lowest BCUT2D eigenvalue weighted by atomic mass is 10.1. The molecular weight excluding hydrogens is 301 g/mol. The maximum atomic E-state index is 13.2. The second-order valence-electron chi connectivity index (χ2n) is 3.70. The summed E-state index contributed by atoms with van der Waals surface area (Å²) in [6, 6.07) is 5.44. The van der Waals surface area contributed by atoms with E-state index in [0.29, 0.717) is 21.2 Å². The Morgan fingerprint density at radius 3 is 2.90 bits per heavy atom. The van der Waals surface area contributed by atoms with E-state index in [1.807, 2.05) is 0 Å². The zero-order valence-electron chi connectivity index (χ0n) is 10.1. The average molecular weight is 310 g/mol. The first-order valence-electron chi connectivity index (χ1n) is 5.55. The first-order valence-corrected chi connectivity index (χ1v) is 6.81. The van der Waals surface area contributed by atoms with Crippen molar-refractivity contribution < 1.29 is 14.3 Å². The number of halogens is 2. The maximum Gasteiger partial charge on any atom is 0.267 e. The molecule has 0 saturated carbocycles. The lowest BCUT2D eigenvalue weighted by molar-refractivity contribution is 0.103. The minimum Gasteiger partial charge on any atom is -0.384 e. The van der Waals surface area contributed by atoms with E-state index >= 15 is 0 Å². The van der Waals surface area contributed by atoms with Gasteiger partial charge in [0.1, 0.15) is 17.3 Å². The zero-order chi connectivity index (χ0) is 14.5. The molecule has 0 unspecified atom stereocenters. The molecule has 0 spiro atoms. The van der Waals surface area contributed by atoms with Gasteiger partial charge in [-0.1, -0.05) is 23.4 Å². The van der Waals surface area contributed by atoms with Crippen LogP contribution in [0.25, 0.3) is 0 Å². The highest BCUT2D eigenvalue weighted by Crippen LogP contribution is 2.24. The number of benzene rings is 1. The molecule has 2 rings (SSSR count). The molecule has 1 aromatic carbocycles. The van der Waals surface area contributed by atoms with Gasteiger partial charge in [-0.2, -0.15) is 0 Å². The van der Waals surface area contributed by atoms with Crippen LogP contribution in [0, 0.1) is 17.7 Å². The molecule has 3 nitrogen and oxygen atoms in total. The van der Waals surface area contributed by atoms with Gasteiger partial charge in [0.25, 0.3) is 5.91 Å². The van der Waals surface area contributed by atoms with Crippen molar-refractivity contribution in [3.63, 3.8) is 0 Å². The molecule has 0 saturated heterocycles. The van der Waals surface area contributed by atoms with Crippen molar-refractivity contribution >= 4 is 34.5 Å². The van der Waals surface area contributed by atoms with E-state index in [4.69, 9.17) is 16.7 Å². The van der Waals surface area contributed by atoms with Gasteiger partial charge in [0, 0.05) is 0 Å². The summed E-state index contributed by atoms with van der Waals surface area (Å²) in [5.74, 6) is 4.14. The van der Waals surface area contributed by atoms with Crippen LogP contribution in [0.4, 0.5) is 10.1 Å². The number of rotatable bonds is 2. The van der Waals surface area contributed by atoms with Gasteiger partial charge < -0.3 is 10.4 Å². The van der Waals surface area contributed by atoms with Gasteiger partial charge >= 0.3 is 0 Å². The van der Waals surface area contributed by atoms with E-state index in [1.54, 1.807) is 11.4 Å². The number of anilines is 1. The number of carbonyl (C=O) groups excluding carboxylic acids is 1. The van der Waals surface area contributed by atoms with Crippen LogP contribution >= 0.6 is 22.9 Å². The van der Waals surface area contributed by atoms with Crippen LogP contribution in [0.15, 0.2) is 29.6 Å². The van der Waals surface area contributed by atoms with E-state index in [-0.39, 0.29) is 12.5 Å². The summed E-state index contributed by atoms with van der Waals surface area (Å²) < 4.78 is 13.2. The zero-order valence-corrected chi connectivity index (χ0v) is 11.7. The third kappa shape index (κ3) is 3.36. The standard InChI is InChI=1S/C14H9ClFNO2S/c15-11-5-7-20-13(11)14(19)17-12-4-3-10(16)8-9(12)2-1-6-18/h3-5,7-8,18H,6H2,(H,17,19). The first kappa shape index (κ1) is 14.5. The Bertz CT molecular complexity index is 703. The Balaban J connectivity index is 2.29. The fourth-order valence-corrected chi connectivity index (χ4v) is 2.53. The van der Waals surface area contributed by atoms with Crippen molar-refractivity contribution in [2.75, 3.05) is 11.9 Å². The van der Waals surface area contributed by atoms with Crippen LogP contribution in [0.1, 0.15) is 15.2 Å². The molecule has 6 heteroatoms. The summed E-state index contributed by atoms with van der Waals surface area (Å²) in [5.41, 5.74) is 0.655. The van der Waals surface area contributed by atoms with Crippen LogP contribution in [0.2, 0.25) is 5.02 Å². The number of aliphatic hydroxyl groups is 1. The molecule has 0 atom stereocenters. The lowest BCUT2D eigenvalue weighted by Gasteiger charge is -2.07. The largest absolute Gasteiger partial charge is 0.384 e. The van der Waals surface area contributed by atoms with Crippen LogP contribution in [-0.2, 0) is 0 Å². The van der Waals surface area contributed by atoms with Crippen molar-refractivity contribution in [1.82, 2.24) is 0 Å². The van der Waals surface area contributed by atoms with Crippen LogP contribution < -0.4 is 5.32 Å². The summed E-state index contributed by atoms with van der Waals surface area (Å²) in [7, 11) is 0. The minimum atomic E-state index is -0.473. The van der Waals surface area contributed by atoms with Crippen molar-refractivity contribution in [2.45, 2.75) is 0 Å². The first-order chi connectivity index (χ1) is 9.61. The smallest absolute Gasteiger partial charge is 0.267 e. The highest BCUT2D eigenvalue weighted by atomic mass is 35.5. The normalized spacial score (nSPS) is 9.75.